The summed E-state index contributed by atoms with van der Waals surface area (Å²) in [5, 5.41) is 0. The second-order valence-electron chi connectivity index (χ2n) is 9.00. The van der Waals surface area contributed by atoms with Crippen LogP contribution in [0.25, 0.3) is 0 Å². The fourth-order valence-electron chi connectivity index (χ4n) is 4.00. The topological polar surface area (TPSA) is 95.2 Å². The first-order valence-electron chi connectivity index (χ1n) is 12.6. The number of nitrogens with two attached hydrogens (primary N) is 2. The lowest BCUT2D eigenvalue weighted by atomic mass is 10.0. The van der Waals surface area contributed by atoms with E-state index in [-0.39, 0.29) is 0 Å². The number of aliphatic imine (C=N–C) groups is 2. The Bertz CT molecular complexity index is 1090. The number of ether oxygens (including phenoxy) is 2. The summed E-state index contributed by atoms with van der Waals surface area (Å²) in [6.07, 6.45) is 5.27. The molecule has 2 aromatic rings. The summed E-state index contributed by atoms with van der Waals surface area (Å²) in [5.74, 6) is 2.02. The van der Waals surface area contributed by atoms with Crippen LogP contribution in [-0.2, 0) is 6.54 Å². The van der Waals surface area contributed by atoms with E-state index in [0.717, 1.165) is 46.2 Å². The molecule has 0 aliphatic heterocycles. The summed E-state index contributed by atoms with van der Waals surface area (Å²) in [4.78, 5) is 9.59. The quantitative estimate of drug-likeness (QED) is 0.262. The SMILES string of the molecule is CC(CC(C)/C=C(C)/C=C(\C)N=C(C)c1ccccc1OCCN)=NCc1ccccc1OCCN. The first-order valence-corrected chi connectivity index (χ1v) is 12.6. The zero-order chi connectivity index (χ0) is 26.3. The van der Waals surface area contributed by atoms with Crippen LogP contribution in [0.3, 0.4) is 0 Å². The molecule has 0 aromatic heterocycles. The van der Waals surface area contributed by atoms with Crippen molar-refractivity contribution in [2.24, 2.45) is 27.4 Å². The smallest absolute Gasteiger partial charge is 0.128 e. The van der Waals surface area contributed by atoms with Crippen LogP contribution in [0.1, 0.15) is 52.2 Å². The predicted octanol–water partition coefficient (Wildman–Crippen LogP) is 5.71. The maximum Gasteiger partial charge on any atom is 0.128 e. The van der Waals surface area contributed by atoms with Gasteiger partial charge in [-0.15, -0.1) is 0 Å². The largest absolute Gasteiger partial charge is 0.492 e. The molecule has 1 atom stereocenters. The molecule has 6 heteroatoms. The molecule has 0 radical (unpaired) electrons. The van der Waals surface area contributed by atoms with Crippen LogP contribution in [0.4, 0.5) is 0 Å². The summed E-state index contributed by atoms with van der Waals surface area (Å²) >= 11 is 0. The number of benzene rings is 2. The zero-order valence-corrected chi connectivity index (χ0v) is 22.5. The highest BCUT2D eigenvalue weighted by Crippen LogP contribution is 2.21. The predicted molar refractivity (Wildman–Crippen MR) is 152 cm³/mol. The molecule has 0 saturated carbocycles. The third-order valence-corrected chi connectivity index (χ3v) is 5.47. The van der Waals surface area contributed by atoms with Gasteiger partial charge >= 0.3 is 0 Å². The Balaban J connectivity index is 2.01. The van der Waals surface area contributed by atoms with Gasteiger partial charge in [0.15, 0.2) is 0 Å². The van der Waals surface area contributed by atoms with Gasteiger partial charge in [-0.25, -0.2) is 0 Å². The standard InChI is InChI=1S/C30H42N4O2/c1-22(19-24(3)33-21-27-10-6-8-12-29(27)35-16-14-31)18-23(2)20-25(4)34-26(5)28-11-7-9-13-30(28)36-17-15-32/h6-13,18,20,22H,14-17,19,21,31-32H2,1-5H3/b23-18+,25-20+,33-24?,34-26?. The van der Waals surface area contributed by atoms with Crippen LogP contribution in [0.2, 0.25) is 0 Å². The molecule has 4 N–H and O–H groups in total. The maximum atomic E-state index is 5.77. The molecule has 2 aromatic carbocycles. The minimum Gasteiger partial charge on any atom is -0.492 e. The third kappa shape index (κ3) is 10.2. The average Bonchev–Trinajstić information content (AvgIpc) is 2.85. The minimum absolute atomic E-state index is 0.358. The van der Waals surface area contributed by atoms with E-state index >= 15 is 0 Å². The molecule has 2 rings (SSSR count). The van der Waals surface area contributed by atoms with Gasteiger partial charge in [0.2, 0.25) is 0 Å². The average molecular weight is 491 g/mol. The highest BCUT2D eigenvalue weighted by Gasteiger charge is 2.07. The van der Waals surface area contributed by atoms with Crippen LogP contribution >= 0.6 is 0 Å². The van der Waals surface area contributed by atoms with Crippen molar-refractivity contribution in [1.82, 2.24) is 0 Å². The van der Waals surface area contributed by atoms with E-state index in [4.69, 9.17) is 30.9 Å². The molecule has 0 aliphatic rings. The lowest BCUT2D eigenvalue weighted by Crippen LogP contribution is -2.12. The number of allylic oxidation sites excluding steroid dienone is 4. The van der Waals surface area contributed by atoms with Crippen molar-refractivity contribution >= 4 is 11.4 Å². The molecular formula is C30H42N4O2. The summed E-state index contributed by atoms with van der Waals surface area (Å²) in [7, 11) is 0. The number of hydrogen-bond donors (Lipinski definition) is 2. The van der Waals surface area contributed by atoms with Crippen molar-refractivity contribution in [1.29, 1.82) is 0 Å². The third-order valence-electron chi connectivity index (χ3n) is 5.47. The molecule has 0 aliphatic carbocycles. The second-order valence-corrected chi connectivity index (χ2v) is 9.00. The van der Waals surface area contributed by atoms with Crippen molar-refractivity contribution in [3.8, 4) is 11.5 Å². The molecule has 0 heterocycles. The molecule has 0 bridgehead atoms. The summed E-state index contributed by atoms with van der Waals surface area (Å²) in [6.45, 7) is 13.0. The van der Waals surface area contributed by atoms with Crippen LogP contribution in [-0.4, -0.2) is 37.7 Å². The molecule has 0 fully saturated rings. The van der Waals surface area contributed by atoms with Crippen molar-refractivity contribution in [3.63, 3.8) is 0 Å². The van der Waals surface area contributed by atoms with Crippen LogP contribution in [0.5, 0.6) is 11.5 Å². The van der Waals surface area contributed by atoms with Gasteiger partial charge in [-0.2, -0.15) is 0 Å². The van der Waals surface area contributed by atoms with Crippen LogP contribution in [0, 0.1) is 5.92 Å². The van der Waals surface area contributed by atoms with Gasteiger partial charge in [0.1, 0.15) is 24.7 Å². The lowest BCUT2D eigenvalue weighted by Gasteiger charge is -2.11. The number of hydrogen-bond acceptors (Lipinski definition) is 6. The Morgan fingerprint density at radius 3 is 2.19 bits per heavy atom. The second kappa shape index (κ2) is 15.7. The molecule has 0 spiro atoms. The van der Waals surface area contributed by atoms with Gasteiger partial charge in [0.05, 0.1) is 6.54 Å². The van der Waals surface area contributed by atoms with Crippen LogP contribution in [0.15, 0.2) is 81.9 Å². The van der Waals surface area contributed by atoms with Gasteiger partial charge in [0.25, 0.3) is 0 Å². The summed E-state index contributed by atoms with van der Waals surface area (Å²) < 4.78 is 11.5. The lowest BCUT2D eigenvalue weighted by molar-refractivity contribution is 0.325. The van der Waals surface area contributed by atoms with Crippen molar-refractivity contribution < 1.29 is 9.47 Å². The van der Waals surface area contributed by atoms with Gasteiger partial charge in [-0.1, -0.05) is 48.9 Å². The van der Waals surface area contributed by atoms with Gasteiger partial charge in [-0.3, -0.25) is 9.98 Å². The highest BCUT2D eigenvalue weighted by atomic mass is 16.5. The van der Waals surface area contributed by atoms with Crippen molar-refractivity contribution in [2.45, 2.75) is 47.6 Å². The Labute approximate surface area is 216 Å². The molecule has 6 nitrogen and oxygen atoms in total. The number of para-hydroxylation sites is 2. The van der Waals surface area contributed by atoms with Gasteiger partial charge in [-0.05, 0) is 64.3 Å². The molecule has 0 saturated heterocycles. The van der Waals surface area contributed by atoms with Crippen molar-refractivity contribution in [2.75, 3.05) is 26.3 Å². The van der Waals surface area contributed by atoms with E-state index in [1.54, 1.807) is 0 Å². The van der Waals surface area contributed by atoms with E-state index in [2.05, 4.69) is 39.0 Å². The van der Waals surface area contributed by atoms with Crippen LogP contribution < -0.4 is 20.9 Å². The van der Waals surface area contributed by atoms with Gasteiger partial charge in [0, 0.05) is 41.3 Å². The minimum atomic E-state index is 0.358. The molecule has 0 amide bonds. The van der Waals surface area contributed by atoms with E-state index in [9.17, 15) is 0 Å². The van der Waals surface area contributed by atoms with E-state index in [1.807, 2.05) is 56.3 Å². The fourth-order valence-corrected chi connectivity index (χ4v) is 4.00. The first kappa shape index (κ1) is 29.0. The Hall–Kier alpha value is -3.22. The Morgan fingerprint density at radius 1 is 0.889 bits per heavy atom. The maximum absolute atomic E-state index is 5.77. The summed E-state index contributed by atoms with van der Waals surface area (Å²) in [5.41, 5.74) is 17.4. The summed E-state index contributed by atoms with van der Waals surface area (Å²) in [6, 6.07) is 15.9. The highest BCUT2D eigenvalue weighted by molar-refractivity contribution is 6.01. The Kier molecular flexibility index (Phi) is 12.7. The fraction of sp³-hybridized carbons (Fsp3) is 0.400. The first-order chi connectivity index (χ1) is 17.3. The Morgan fingerprint density at radius 2 is 1.50 bits per heavy atom. The van der Waals surface area contributed by atoms with E-state index in [1.165, 1.54) is 5.57 Å². The molecule has 194 valence electrons. The number of rotatable bonds is 14. The molecule has 36 heavy (non-hydrogen) atoms. The normalized spacial score (nSPS) is 14.1. The zero-order valence-electron chi connectivity index (χ0n) is 22.5. The van der Waals surface area contributed by atoms with Gasteiger partial charge < -0.3 is 20.9 Å². The van der Waals surface area contributed by atoms with Crippen molar-refractivity contribution in [3.05, 3.63) is 83.1 Å². The molecular weight excluding hydrogens is 448 g/mol. The monoisotopic (exact) mass is 490 g/mol. The van der Waals surface area contributed by atoms with E-state index < -0.39 is 0 Å². The van der Waals surface area contributed by atoms with E-state index in [0.29, 0.717) is 38.8 Å². The number of nitrogens with zero attached hydrogens (tertiary/aromatic N) is 2. The molecule has 1 unspecified atom stereocenters.